The minimum Gasteiger partial charge on any atom is -0.350 e. The van der Waals surface area contributed by atoms with Crippen molar-refractivity contribution in [3.63, 3.8) is 0 Å². The van der Waals surface area contributed by atoms with E-state index in [-0.39, 0.29) is 17.5 Å². The van der Waals surface area contributed by atoms with Crippen LogP contribution in [-0.4, -0.2) is 35.4 Å². The number of pyridine rings is 1. The van der Waals surface area contributed by atoms with E-state index < -0.39 is 0 Å². The van der Waals surface area contributed by atoms with Gasteiger partial charge in [0.2, 0.25) is 5.56 Å². The molecule has 1 aliphatic rings. The van der Waals surface area contributed by atoms with E-state index in [0.717, 1.165) is 13.1 Å². The number of aromatic amines is 1. The van der Waals surface area contributed by atoms with Crippen LogP contribution >= 0.6 is 11.3 Å². The van der Waals surface area contributed by atoms with Gasteiger partial charge in [-0.05, 0) is 43.4 Å². The van der Waals surface area contributed by atoms with E-state index in [2.05, 4.69) is 26.6 Å². The molecular weight excluding hydrogens is 298 g/mol. The number of thiophene rings is 1. The molecule has 3 rings (SSSR count). The van der Waals surface area contributed by atoms with E-state index in [0.29, 0.717) is 12.1 Å². The average Bonchev–Trinajstić information content (AvgIpc) is 3.22. The molecule has 0 saturated carbocycles. The fourth-order valence-corrected chi connectivity index (χ4v) is 3.65. The molecule has 116 valence electrons. The van der Waals surface area contributed by atoms with Crippen molar-refractivity contribution in [2.24, 2.45) is 0 Å². The highest BCUT2D eigenvalue weighted by molar-refractivity contribution is 7.10. The van der Waals surface area contributed by atoms with Crippen LogP contribution in [0.5, 0.6) is 0 Å². The number of nitrogens with zero attached hydrogens (tertiary/aromatic N) is 1. The van der Waals surface area contributed by atoms with Gasteiger partial charge in [0.1, 0.15) is 0 Å². The van der Waals surface area contributed by atoms with Crippen LogP contribution in [0.3, 0.4) is 0 Å². The van der Waals surface area contributed by atoms with Crippen molar-refractivity contribution >= 4 is 17.2 Å². The number of likely N-dealkylation sites (tertiary alicyclic amines) is 1. The zero-order chi connectivity index (χ0) is 15.4. The third-order valence-corrected chi connectivity index (χ3v) is 4.93. The molecular formula is C16H19N3O2S. The van der Waals surface area contributed by atoms with E-state index in [9.17, 15) is 9.59 Å². The number of rotatable bonds is 5. The molecule has 1 fully saturated rings. The van der Waals surface area contributed by atoms with Gasteiger partial charge in [-0.1, -0.05) is 6.07 Å². The normalized spacial score (nSPS) is 16.5. The van der Waals surface area contributed by atoms with Crippen LogP contribution in [0.25, 0.3) is 0 Å². The molecule has 0 radical (unpaired) electrons. The Hall–Kier alpha value is -1.92. The Morgan fingerprint density at radius 1 is 1.32 bits per heavy atom. The van der Waals surface area contributed by atoms with Crippen molar-refractivity contribution in [1.82, 2.24) is 15.2 Å². The molecule has 2 aromatic heterocycles. The molecule has 0 aliphatic carbocycles. The Bertz CT molecular complexity index is 654. The van der Waals surface area contributed by atoms with E-state index in [1.54, 1.807) is 17.4 Å². The predicted molar refractivity (Wildman–Crippen MR) is 87.3 cm³/mol. The molecule has 0 bridgehead atoms. The van der Waals surface area contributed by atoms with Crippen molar-refractivity contribution in [2.75, 3.05) is 19.6 Å². The average molecular weight is 317 g/mol. The lowest BCUT2D eigenvalue weighted by molar-refractivity contribution is 0.0938. The van der Waals surface area contributed by atoms with Gasteiger partial charge in [-0.3, -0.25) is 14.5 Å². The summed E-state index contributed by atoms with van der Waals surface area (Å²) in [5.41, 5.74) is 0.274. The van der Waals surface area contributed by atoms with Gasteiger partial charge in [0.25, 0.3) is 5.91 Å². The number of H-pyrrole nitrogens is 1. The van der Waals surface area contributed by atoms with Crippen molar-refractivity contribution in [2.45, 2.75) is 18.9 Å². The molecule has 1 aliphatic heterocycles. The van der Waals surface area contributed by atoms with Crippen LogP contribution in [0.4, 0.5) is 0 Å². The number of nitrogens with one attached hydrogen (secondary N) is 2. The smallest absolute Gasteiger partial charge is 0.252 e. The van der Waals surface area contributed by atoms with Gasteiger partial charge < -0.3 is 10.3 Å². The molecule has 1 atom stereocenters. The van der Waals surface area contributed by atoms with Crippen molar-refractivity contribution in [3.8, 4) is 0 Å². The highest BCUT2D eigenvalue weighted by Crippen LogP contribution is 2.27. The summed E-state index contributed by atoms with van der Waals surface area (Å²) in [6.45, 7) is 2.74. The van der Waals surface area contributed by atoms with Crippen LogP contribution in [0.1, 0.15) is 34.1 Å². The van der Waals surface area contributed by atoms with Crippen molar-refractivity contribution in [1.29, 1.82) is 0 Å². The summed E-state index contributed by atoms with van der Waals surface area (Å²) in [5.74, 6) is -0.156. The predicted octanol–water partition coefficient (Wildman–Crippen LogP) is 2.00. The highest BCUT2D eigenvalue weighted by Gasteiger charge is 2.24. The summed E-state index contributed by atoms with van der Waals surface area (Å²) in [6.07, 6.45) is 3.89. The first-order valence-electron chi connectivity index (χ1n) is 7.48. The van der Waals surface area contributed by atoms with E-state index in [1.807, 2.05) is 6.07 Å². The van der Waals surface area contributed by atoms with Crippen LogP contribution in [-0.2, 0) is 0 Å². The van der Waals surface area contributed by atoms with Crippen molar-refractivity contribution in [3.05, 3.63) is 56.6 Å². The zero-order valence-corrected chi connectivity index (χ0v) is 13.1. The highest BCUT2D eigenvalue weighted by atomic mass is 32.1. The minimum atomic E-state index is -0.204. The Kier molecular flexibility index (Phi) is 4.70. The molecule has 2 N–H and O–H groups in total. The van der Waals surface area contributed by atoms with Gasteiger partial charge >= 0.3 is 0 Å². The lowest BCUT2D eigenvalue weighted by Crippen LogP contribution is -2.36. The van der Waals surface area contributed by atoms with Gasteiger partial charge in [-0.2, -0.15) is 0 Å². The number of aromatic nitrogens is 1. The first-order valence-corrected chi connectivity index (χ1v) is 8.36. The second kappa shape index (κ2) is 6.89. The SMILES string of the molecule is O=C(NCC(c1cccs1)N1CCCC1)c1ccc(=O)[nH]c1. The summed E-state index contributed by atoms with van der Waals surface area (Å²) in [6, 6.07) is 7.32. The Morgan fingerprint density at radius 3 is 2.77 bits per heavy atom. The molecule has 0 spiro atoms. The first kappa shape index (κ1) is 15.0. The Labute approximate surface area is 133 Å². The maximum Gasteiger partial charge on any atom is 0.252 e. The Morgan fingerprint density at radius 2 is 2.14 bits per heavy atom. The topological polar surface area (TPSA) is 65.2 Å². The summed E-state index contributed by atoms with van der Waals surface area (Å²) in [5, 5.41) is 5.06. The molecule has 5 nitrogen and oxygen atoms in total. The lowest BCUT2D eigenvalue weighted by Gasteiger charge is -2.26. The first-order chi connectivity index (χ1) is 10.7. The van der Waals surface area contributed by atoms with Gasteiger partial charge in [0.05, 0.1) is 11.6 Å². The fourth-order valence-electron chi connectivity index (χ4n) is 2.79. The minimum absolute atomic E-state index is 0.156. The van der Waals surface area contributed by atoms with Gasteiger partial charge in [-0.25, -0.2) is 0 Å². The second-order valence-electron chi connectivity index (χ2n) is 5.43. The van der Waals surface area contributed by atoms with Crippen LogP contribution in [0.15, 0.2) is 40.6 Å². The molecule has 1 unspecified atom stereocenters. The number of carbonyl (C=O) groups is 1. The molecule has 6 heteroatoms. The molecule has 22 heavy (non-hydrogen) atoms. The third-order valence-electron chi connectivity index (χ3n) is 3.96. The van der Waals surface area contributed by atoms with Crippen LogP contribution in [0, 0.1) is 0 Å². The van der Waals surface area contributed by atoms with Gasteiger partial charge in [-0.15, -0.1) is 11.3 Å². The number of hydrogen-bond acceptors (Lipinski definition) is 4. The molecule has 0 aromatic carbocycles. The largest absolute Gasteiger partial charge is 0.350 e. The standard InChI is InChI=1S/C16H19N3O2S/c20-15-6-5-12(10-17-15)16(21)18-11-13(14-4-3-9-22-14)19-7-1-2-8-19/h3-6,9-10,13H,1-2,7-8,11H2,(H,17,20)(H,18,21). The maximum atomic E-state index is 12.2. The molecule has 3 heterocycles. The maximum absolute atomic E-state index is 12.2. The second-order valence-corrected chi connectivity index (χ2v) is 6.41. The van der Waals surface area contributed by atoms with Crippen molar-refractivity contribution < 1.29 is 4.79 Å². The fraction of sp³-hybridized carbons (Fsp3) is 0.375. The van der Waals surface area contributed by atoms with Crippen LogP contribution in [0.2, 0.25) is 0 Å². The molecule has 1 saturated heterocycles. The summed E-state index contributed by atoms with van der Waals surface area (Å²) < 4.78 is 0. The van der Waals surface area contributed by atoms with Gasteiger partial charge in [0, 0.05) is 23.7 Å². The zero-order valence-electron chi connectivity index (χ0n) is 12.2. The van der Waals surface area contributed by atoms with E-state index >= 15 is 0 Å². The Balaban J connectivity index is 1.67. The van der Waals surface area contributed by atoms with E-state index in [1.165, 1.54) is 30.0 Å². The number of carbonyl (C=O) groups excluding carboxylic acids is 1. The summed E-state index contributed by atoms with van der Waals surface area (Å²) in [7, 11) is 0. The summed E-state index contributed by atoms with van der Waals surface area (Å²) >= 11 is 1.73. The van der Waals surface area contributed by atoms with Crippen LogP contribution < -0.4 is 10.9 Å². The lowest BCUT2D eigenvalue weighted by atomic mass is 10.2. The number of hydrogen-bond donors (Lipinski definition) is 2. The van der Waals surface area contributed by atoms with E-state index in [4.69, 9.17) is 0 Å². The van der Waals surface area contributed by atoms with Gasteiger partial charge in [0.15, 0.2) is 0 Å². The monoisotopic (exact) mass is 317 g/mol. The summed E-state index contributed by atoms with van der Waals surface area (Å²) in [4.78, 5) is 29.5. The number of amides is 1. The molecule has 1 amide bonds. The quantitative estimate of drug-likeness (QED) is 0.886. The third kappa shape index (κ3) is 3.45. The molecule has 2 aromatic rings.